The normalized spacial score (nSPS) is 9.12. The summed E-state index contributed by atoms with van der Waals surface area (Å²) < 4.78 is 0. The van der Waals surface area contributed by atoms with Crippen molar-refractivity contribution in [2.45, 2.75) is 34.6 Å². The van der Waals surface area contributed by atoms with Crippen molar-refractivity contribution in [1.82, 2.24) is 24.9 Å². The summed E-state index contributed by atoms with van der Waals surface area (Å²) in [5.41, 5.74) is 4.63. The zero-order valence-corrected chi connectivity index (χ0v) is 23.2. The van der Waals surface area contributed by atoms with Crippen molar-refractivity contribution in [3.8, 4) is 0 Å². The van der Waals surface area contributed by atoms with Crippen LogP contribution in [-0.4, -0.2) is 24.9 Å². The molecule has 40 heavy (non-hydrogen) atoms. The van der Waals surface area contributed by atoms with Gasteiger partial charge in [0.05, 0.1) is 0 Å². The molecule has 0 bridgehead atoms. The Morgan fingerprint density at radius 1 is 0.475 bits per heavy atom. The molecule has 0 saturated heterocycles. The van der Waals surface area contributed by atoms with Crippen LogP contribution in [-0.2, 0) is 0 Å². The number of aromatic nitrogens is 5. The standard InChI is InChI=1S/5C6H7NO/c1-5-2-3-7-6(8)4-5;2*1-5-2-3-6(8)7-4-5;1-5-3-2-4-7-6(5)8;1-5-3-2-4-6(8)7-5/h5*2-4H,1H3,(H,7,8). The highest BCUT2D eigenvalue weighted by Crippen LogP contribution is 1.86. The first-order chi connectivity index (χ1) is 19.0. The SMILES string of the molecule is Cc1cc[nH]c(=O)c1.Cc1ccc(=O)[nH]c1.Cc1ccc(=O)[nH]c1.Cc1ccc[nH]c1=O.Cc1cccc(=O)[nH]1. The maximum Gasteiger partial charge on any atom is 0.250 e. The molecule has 5 N–H and O–H groups in total. The Bertz CT molecular complexity index is 1580. The van der Waals surface area contributed by atoms with Gasteiger partial charge in [-0.15, -0.1) is 0 Å². The van der Waals surface area contributed by atoms with Gasteiger partial charge in [0.2, 0.25) is 22.2 Å². The lowest BCUT2D eigenvalue weighted by molar-refractivity contribution is 1.14. The molecule has 5 aromatic rings. The lowest BCUT2D eigenvalue weighted by Gasteiger charge is -1.84. The van der Waals surface area contributed by atoms with E-state index >= 15 is 0 Å². The second kappa shape index (κ2) is 18.1. The van der Waals surface area contributed by atoms with E-state index in [1.807, 2.05) is 39.8 Å². The van der Waals surface area contributed by atoms with E-state index in [4.69, 9.17) is 0 Å². The van der Waals surface area contributed by atoms with E-state index in [1.165, 1.54) is 18.2 Å². The fourth-order valence-corrected chi connectivity index (χ4v) is 2.59. The van der Waals surface area contributed by atoms with Gasteiger partial charge in [-0.05, 0) is 69.5 Å². The molecular weight excluding hydrogens is 510 g/mol. The van der Waals surface area contributed by atoms with Crippen LogP contribution in [0.1, 0.15) is 27.9 Å². The third-order valence-corrected chi connectivity index (χ3v) is 4.74. The Morgan fingerprint density at radius 3 is 1.38 bits per heavy atom. The van der Waals surface area contributed by atoms with Crippen molar-refractivity contribution >= 4 is 0 Å². The van der Waals surface area contributed by atoms with Gasteiger partial charge in [0.1, 0.15) is 0 Å². The molecular formula is C30H35N5O5. The Hall–Kier alpha value is -5.25. The van der Waals surface area contributed by atoms with Crippen LogP contribution in [0.5, 0.6) is 0 Å². The Kier molecular flexibility index (Phi) is 14.8. The fourth-order valence-electron chi connectivity index (χ4n) is 2.59. The first-order valence-corrected chi connectivity index (χ1v) is 12.2. The molecule has 0 amide bonds. The number of nitrogens with one attached hydrogen (secondary N) is 5. The smallest absolute Gasteiger partial charge is 0.250 e. The van der Waals surface area contributed by atoms with Crippen LogP contribution >= 0.6 is 0 Å². The maximum absolute atomic E-state index is 10.6. The van der Waals surface area contributed by atoms with Crippen molar-refractivity contribution in [2.75, 3.05) is 0 Å². The molecule has 5 aromatic heterocycles. The minimum absolute atomic E-state index is 0.00694. The molecule has 0 aliphatic carbocycles. The highest BCUT2D eigenvalue weighted by molar-refractivity contribution is 5.07. The lowest BCUT2D eigenvalue weighted by atomic mass is 10.3. The molecule has 5 rings (SSSR count). The summed E-state index contributed by atoms with van der Waals surface area (Å²) in [7, 11) is 0. The molecule has 0 unspecified atom stereocenters. The second-order valence-corrected chi connectivity index (χ2v) is 8.57. The van der Waals surface area contributed by atoms with Gasteiger partial charge in [-0.2, -0.15) is 0 Å². The predicted molar refractivity (Wildman–Crippen MR) is 159 cm³/mol. The summed E-state index contributed by atoms with van der Waals surface area (Å²) in [6.07, 6.45) is 6.62. The molecule has 210 valence electrons. The van der Waals surface area contributed by atoms with Crippen molar-refractivity contribution in [1.29, 1.82) is 0 Å². The summed E-state index contributed by atoms with van der Waals surface area (Å²) in [6, 6.07) is 18.6. The largest absolute Gasteiger partial charge is 0.329 e. The van der Waals surface area contributed by atoms with Crippen LogP contribution in [0.25, 0.3) is 0 Å². The molecule has 0 aliphatic heterocycles. The zero-order valence-electron chi connectivity index (χ0n) is 23.2. The van der Waals surface area contributed by atoms with Crippen molar-refractivity contribution in [3.05, 3.63) is 171 Å². The minimum atomic E-state index is -0.0457. The van der Waals surface area contributed by atoms with Crippen molar-refractivity contribution in [2.24, 2.45) is 0 Å². The average Bonchev–Trinajstić information content (AvgIpc) is 2.91. The second-order valence-electron chi connectivity index (χ2n) is 8.57. The van der Waals surface area contributed by atoms with E-state index < -0.39 is 0 Å². The van der Waals surface area contributed by atoms with Crippen molar-refractivity contribution < 1.29 is 0 Å². The van der Waals surface area contributed by atoms with Crippen LogP contribution in [0.15, 0.2) is 115 Å². The number of aryl methyl sites for hydroxylation is 5. The molecule has 0 atom stereocenters. The van der Waals surface area contributed by atoms with Crippen LogP contribution in [0, 0.1) is 34.6 Å². The third kappa shape index (κ3) is 15.8. The Morgan fingerprint density at radius 2 is 1.07 bits per heavy atom. The number of rotatable bonds is 0. The van der Waals surface area contributed by atoms with Gasteiger partial charge in [0.15, 0.2) is 0 Å². The van der Waals surface area contributed by atoms with E-state index in [-0.39, 0.29) is 27.8 Å². The molecule has 0 spiro atoms. The van der Waals surface area contributed by atoms with E-state index in [2.05, 4.69) is 24.9 Å². The molecule has 10 nitrogen and oxygen atoms in total. The minimum Gasteiger partial charge on any atom is -0.329 e. The maximum atomic E-state index is 10.6. The van der Waals surface area contributed by atoms with Gasteiger partial charge in [0, 0.05) is 60.3 Å². The van der Waals surface area contributed by atoms with E-state index in [1.54, 1.807) is 68.1 Å². The first kappa shape index (κ1) is 32.8. The number of H-pyrrole nitrogens is 5. The van der Waals surface area contributed by atoms with E-state index in [9.17, 15) is 24.0 Å². The molecule has 0 radical (unpaired) electrons. The molecule has 0 aromatic carbocycles. The lowest BCUT2D eigenvalue weighted by Crippen LogP contribution is -2.06. The quantitative estimate of drug-likeness (QED) is 0.201. The van der Waals surface area contributed by atoms with Gasteiger partial charge in [-0.1, -0.05) is 24.3 Å². The number of pyridine rings is 5. The third-order valence-electron chi connectivity index (χ3n) is 4.74. The van der Waals surface area contributed by atoms with Crippen LogP contribution in [0.2, 0.25) is 0 Å². The molecule has 0 aliphatic rings. The van der Waals surface area contributed by atoms with Gasteiger partial charge in [-0.3, -0.25) is 24.0 Å². The summed E-state index contributed by atoms with van der Waals surface area (Å²) in [4.78, 5) is 64.9. The van der Waals surface area contributed by atoms with Crippen LogP contribution < -0.4 is 27.8 Å². The summed E-state index contributed by atoms with van der Waals surface area (Å²) in [5.74, 6) is 0. The first-order valence-electron chi connectivity index (χ1n) is 12.2. The number of hydrogen-bond donors (Lipinski definition) is 5. The highest BCUT2D eigenvalue weighted by atomic mass is 16.1. The van der Waals surface area contributed by atoms with Crippen LogP contribution in [0.3, 0.4) is 0 Å². The molecule has 10 heteroatoms. The van der Waals surface area contributed by atoms with E-state index in [0.29, 0.717) is 0 Å². The zero-order chi connectivity index (χ0) is 29.9. The summed E-state index contributed by atoms with van der Waals surface area (Å²) in [5, 5.41) is 0. The molecule has 0 fully saturated rings. The Labute approximate surface area is 230 Å². The Balaban J connectivity index is 0.000000250. The van der Waals surface area contributed by atoms with Gasteiger partial charge >= 0.3 is 0 Å². The van der Waals surface area contributed by atoms with Crippen LogP contribution in [0.4, 0.5) is 0 Å². The highest BCUT2D eigenvalue weighted by Gasteiger charge is 1.84. The summed E-state index contributed by atoms with van der Waals surface area (Å²) in [6.45, 7) is 9.36. The average molecular weight is 546 g/mol. The number of aromatic amines is 5. The molecule has 0 saturated carbocycles. The summed E-state index contributed by atoms with van der Waals surface area (Å²) >= 11 is 0. The van der Waals surface area contributed by atoms with E-state index in [0.717, 1.165) is 27.9 Å². The predicted octanol–water partition coefficient (Wildman–Crippen LogP) is 3.42. The topological polar surface area (TPSA) is 164 Å². The van der Waals surface area contributed by atoms with Gasteiger partial charge < -0.3 is 24.9 Å². The monoisotopic (exact) mass is 545 g/mol. The van der Waals surface area contributed by atoms with Gasteiger partial charge in [0.25, 0.3) is 5.56 Å². The fraction of sp³-hybridized carbons (Fsp3) is 0.167. The van der Waals surface area contributed by atoms with Gasteiger partial charge in [-0.25, -0.2) is 0 Å². The number of hydrogen-bond acceptors (Lipinski definition) is 5. The van der Waals surface area contributed by atoms with Crippen molar-refractivity contribution in [3.63, 3.8) is 0 Å². The molecule has 5 heterocycles.